The van der Waals surface area contributed by atoms with Gasteiger partial charge in [-0.15, -0.1) is 0 Å². The van der Waals surface area contributed by atoms with E-state index in [-0.39, 0.29) is 0 Å². The van der Waals surface area contributed by atoms with Gasteiger partial charge < -0.3 is 0 Å². The second kappa shape index (κ2) is 10.4. The highest BCUT2D eigenvalue weighted by molar-refractivity contribution is 4.50. The molecule has 0 amide bonds. The molecule has 0 atom stereocenters. The van der Waals surface area contributed by atoms with E-state index in [9.17, 15) is 0 Å². The number of hydrogen-bond acceptors (Lipinski definition) is 4. The van der Waals surface area contributed by atoms with Crippen LogP contribution in [0.5, 0.6) is 0 Å². The van der Waals surface area contributed by atoms with E-state index >= 15 is 0 Å². The number of rotatable bonds is 0. The van der Waals surface area contributed by atoms with Gasteiger partial charge in [-0.2, -0.15) is 11.1 Å². The molecule has 0 radical (unpaired) electrons. The van der Waals surface area contributed by atoms with Crippen molar-refractivity contribution in [2.24, 2.45) is 0 Å². The smallest absolute Gasteiger partial charge is 0.0113 e. The van der Waals surface area contributed by atoms with E-state index in [1.54, 1.807) is 0 Å². The summed E-state index contributed by atoms with van der Waals surface area (Å²) in [7, 11) is 0. The SMILES string of the molecule is C1CCCCCNNNNCCCCC1. The van der Waals surface area contributed by atoms with E-state index in [2.05, 4.69) is 21.9 Å². The van der Waals surface area contributed by atoms with Crippen LogP contribution in [0.4, 0.5) is 0 Å². The fourth-order valence-electron chi connectivity index (χ4n) is 1.88. The Morgan fingerprint density at radius 3 is 1.13 bits per heavy atom. The summed E-state index contributed by atoms with van der Waals surface area (Å²) in [6.45, 7) is 2.07. The molecule has 0 aromatic rings. The van der Waals surface area contributed by atoms with E-state index in [1.165, 1.54) is 57.8 Å². The Balaban J connectivity index is 2.01. The van der Waals surface area contributed by atoms with Gasteiger partial charge in [0.25, 0.3) is 0 Å². The molecule has 1 fully saturated rings. The topological polar surface area (TPSA) is 48.1 Å². The summed E-state index contributed by atoms with van der Waals surface area (Å²) in [4.78, 5) is 0. The predicted molar refractivity (Wildman–Crippen MR) is 63.8 cm³/mol. The van der Waals surface area contributed by atoms with Crippen LogP contribution in [0.25, 0.3) is 0 Å². The Hall–Kier alpha value is -0.160. The Bertz CT molecular complexity index is 71.2. The van der Waals surface area contributed by atoms with Gasteiger partial charge in [0, 0.05) is 13.1 Å². The first-order valence-electron chi connectivity index (χ1n) is 6.46. The molecule has 0 aromatic heterocycles. The lowest BCUT2D eigenvalue weighted by Crippen LogP contribution is -2.51. The van der Waals surface area contributed by atoms with Gasteiger partial charge in [-0.1, -0.05) is 44.9 Å². The van der Waals surface area contributed by atoms with Gasteiger partial charge in [0.2, 0.25) is 0 Å². The molecule has 1 aliphatic heterocycles. The van der Waals surface area contributed by atoms with Gasteiger partial charge >= 0.3 is 0 Å². The molecule has 0 aromatic carbocycles. The quantitative estimate of drug-likeness (QED) is 0.495. The van der Waals surface area contributed by atoms with Crippen molar-refractivity contribution >= 4 is 0 Å². The fraction of sp³-hybridized carbons (Fsp3) is 1.00. The molecule has 1 heterocycles. The van der Waals surface area contributed by atoms with Gasteiger partial charge in [-0.3, -0.25) is 0 Å². The molecular weight excluding hydrogens is 188 g/mol. The lowest BCUT2D eigenvalue weighted by Gasteiger charge is -2.09. The Labute approximate surface area is 93.5 Å². The van der Waals surface area contributed by atoms with Gasteiger partial charge in [-0.25, -0.2) is 10.9 Å². The maximum absolute atomic E-state index is 3.13. The number of hydrazine groups is 3. The van der Waals surface area contributed by atoms with Gasteiger partial charge in [0.15, 0.2) is 0 Å². The van der Waals surface area contributed by atoms with Crippen molar-refractivity contribution in [3.05, 3.63) is 0 Å². The Kier molecular flexibility index (Phi) is 8.92. The standard InChI is InChI=1S/C11H26N4/c1-2-4-6-8-10-12-14-15-13-11-9-7-5-3-1/h12-15H,1-11H2. The molecule has 0 spiro atoms. The zero-order valence-corrected chi connectivity index (χ0v) is 9.78. The van der Waals surface area contributed by atoms with Crippen LogP contribution in [0.15, 0.2) is 0 Å². The highest BCUT2D eigenvalue weighted by Gasteiger charge is 1.94. The summed E-state index contributed by atoms with van der Waals surface area (Å²) < 4.78 is 0. The molecule has 4 nitrogen and oxygen atoms in total. The maximum Gasteiger partial charge on any atom is 0.0113 e. The molecule has 0 unspecified atom stereocenters. The van der Waals surface area contributed by atoms with Gasteiger partial charge in [0.05, 0.1) is 0 Å². The van der Waals surface area contributed by atoms with Crippen LogP contribution in [0.2, 0.25) is 0 Å². The maximum atomic E-state index is 3.13. The second-order valence-corrected chi connectivity index (χ2v) is 4.29. The van der Waals surface area contributed by atoms with Crippen molar-refractivity contribution < 1.29 is 0 Å². The van der Waals surface area contributed by atoms with Crippen LogP contribution in [0, 0.1) is 0 Å². The van der Waals surface area contributed by atoms with E-state index < -0.39 is 0 Å². The minimum Gasteiger partial charge on any atom is -0.243 e. The Morgan fingerprint density at radius 1 is 0.400 bits per heavy atom. The van der Waals surface area contributed by atoms with Crippen LogP contribution >= 0.6 is 0 Å². The molecular formula is C11H26N4. The largest absolute Gasteiger partial charge is 0.243 e. The van der Waals surface area contributed by atoms with E-state index in [1.807, 2.05) is 0 Å². The summed E-state index contributed by atoms with van der Waals surface area (Å²) in [5.74, 6) is 0. The normalized spacial score (nSPS) is 24.0. The molecule has 1 saturated heterocycles. The minimum atomic E-state index is 1.04. The molecule has 1 aliphatic rings. The van der Waals surface area contributed by atoms with Crippen molar-refractivity contribution in [3.63, 3.8) is 0 Å². The van der Waals surface area contributed by atoms with Crippen LogP contribution in [-0.2, 0) is 0 Å². The third-order valence-corrected chi connectivity index (χ3v) is 2.84. The molecule has 0 bridgehead atoms. The summed E-state index contributed by atoms with van der Waals surface area (Å²) in [6.07, 6.45) is 12.3. The Morgan fingerprint density at radius 2 is 0.733 bits per heavy atom. The fourth-order valence-corrected chi connectivity index (χ4v) is 1.88. The molecule has 15 heavy (non-hydrogen) atoms. The number of nitrogens with one attached hydrogen (secondary N) is 4. The molecule has 0 saturated carbocycles. The van der Waals surface area contributed by atoms with Crippen molar-refractivity contribution in [1.29, 1.82) is 0 Å². The number of hydrogen-bond donors (Lipinski definition) is 4. The molecule has 0 aliphatic carbocycles. The summed E-state index contributed by atoms with van der Waals surface area (Å²) in [5, 5.41) is 0. The van der Waals surface area contributed by atoms with Gasteiger partial charge in [0.1, 0.15) is 0 Å². The lowest BCUT2D eigenvalue weighted by molar-refractivity contribution is 0.362. The molecule has 4 heteroatoms. The molecule has 90 valence electrons. The lowest BCUT2D eigenvalue weighted by atomic mass is 10.1. The summed E-state index contributed by atoms with van der Waals surface area (Å²) in [5.41, 5.74) is 12.1. The predicted octanol–water partition coefficient (Wildman–Crippen LogP) is 1.61. The van der Waals surface area contributed by atoms with E-state index in [0.717, 1.165) is 13.1 Å². The van der Waals surface area contributed by atoms with Crippen LogP contribution in [-0.4, -0.2) is 13.1 Å². The van der Waals surface area contributed by atoms with Crippen LogP contribution in [0.1, 0.15) is 57.8 Å². The average molecular weight is 214 g/mol. The third-order valence-electron chi connectivity index (χ3n) is 2.84. The third kappa shape index (κ3) is 8.81. The van der Waals surface area contributed by atoms with Crippen molar-refractivity contribution in [3.8, 4) is 0 Å². The highest BCUT2D eigenvalue weighted by Crippen LogP contribution is 2.09. The first-order valence-corrected chi connectivity index (χ1v) is 6.46. The minimum absolute atomic E-state index is 1.04. The first kappa shape index (κ1) is 12.9. The average Bonchev–Trinajstić information content (AvgIpc) is 2.27. The van der Waals surface area contributed by atoms with Crippen molar-refractivity contribution in [2.75, 3.05) is 13.1 Å². The monoisotopic (exact) mass is 214 g/mol. The van der Waals surface area contributed by atoms with Crippen molar-refractivity contribution in [2.45, 2.75) is 57.8 Å². The first-order chi connectivity index (χ1) is 7.50. The highest BCUT2D eigenvalue weighted by atomic mass is 15.7. The second-order valence-electron chi connectivity index (χ2n) is 4.29. The van der Waals surface area contributed by atoms with Crippen LogP contribution < -0.4 is 21.9 Å². The van der Waals surface area contributed by atoms with E-state index in [0.29, 0.717) is 0 Å². The zero-order chi connectivity index (χ0) is 10.6. The molecule has 4 N–H and O–H groups in total. The van der Waals surface area contributed by atoms with Gasteiger partial charge in [-0.05, 0) is 12.8 Å². The van der Waals surface area contributed by atoms with Crippen molar-refractivity contribution in [1.82, 2.24) is 21.9 Å². The summed E-state index contributed by atoms with van der Waals surface area (Å²) >= 11 is 0. The molecule has 1 rings (SSSR count). The van der Waals surface area contributed by atoms with E-state index in [4.69, 9.17) is 0 Å². The van der Waals surface area contributed by atoms with Crippen LogP contribution in [0.3, 0.4) is 0 Å². The summed E-state index contributed by atoms with van der Waals surface area (Å²) in [6, 6.07) is 0. The zero-order valence-electron chi connectivity index (χ0n) is 9.78.